The molecule has 1 aliphatic rings. The Morgan fingerprint density at radius 1 is 1.50 bits per heavy atom. The lowest BCUT2D eigenvalue weighted by Crippen LogP contribution is -2.42. The molecule has 2 aromatic heterocycles. The molecule has 0 saturated carbocycles. The topological polar surface area (TPSA) is 58.5 Å². The molecule has 0 unspecified atom stereocenters. The van der Waals surface area contributed by atoms with Crippen molar-refractivity contribution >= 4 is 29.5 Å². The summed E-state index contributed by atoms with van der Waals surface area (Å²) in [5.41, 5.74) is 0.981. The predicted molar refractivity (Wildman–Crippen MR) is 86.7 cm³/mol. The molecule has 1 N–H and O–H groups in total. The van der Waals surface area contributed by atoms with Gasteiger partial charge in [-0.3, -0.25) is 4.79 Å². The molecule has 3 rings (SSSR count). The number of aromatic amines is 1. The van der Waals surface area contributed by atoms with Crippen LogP contribution in [0.15, 0.2) is 16.5 Å². The zero-order valence-electron chi connectivity index (χ0n) is 12.5. The number of rotatable bonds is 3. The number of nitrogens with one attached hydrogen (secondary N) is 1. The van der Waals surface area contributed by atoms with E-state index < -0.39 is 0 Å². The van der Waals surface area contributed by atoms with E-state index in [0.29, 0.717) is 30.1 Å². The Kier molecular flexibility index (Phi) is 4.46. The lowest BCUT2D eigenvalue weighted by Gasteiger charge is -2.32. The van der Waals surface area contributed by atoms with E-state index in [-0.39, 0.29) is 12.0 Å². The van der Waals surface area contributed by atoms with Crippen LogP contribution in [0.4, 0.5) is 0 Å². The van der Waals surface area contributed by atoms with E-state index in [1.54, 1.807) is 0 Å². The Morgan fingerprint density at radius 3 is 2.95 bits per heavy atom. The lowest BCUT2D eigenvalue weighted by atomic mass is 10.2. The number of furan rings is 1. The molecular formula is C15H18N2O3S2. The number of carbonyl (C=O) groups is 1. The highest BCUT2D eigenvalue weighted by atomic mass is 32.1. The summed E-state index contributed by atoms with van der Waals surface area (Å²) >= 11 is 6.59. The molecule has 22 heavy (non-hydrogen) atoms. The van der Waals surface area contributed by atoms with Crippen LogP contribution >= 0.6 is 23.6 Å². The number of amides is 1. The second-order valence-electron chi connectivity index (χ2n) is 5.39. The Balaban J connectivity index is 1.67. The van der Waals surface area contributed by atoms with Crippen molar-refractivity contribution in [2.24, 2.45) is 0 Å². The summed E-state index contributed by atoms with van der Waals surface area (Å²) in [5, 5.41) is 0. The molecule has 1 fully saturated rings. The van der Waals surface area contributed by atoms with Crippen molar-refractivity contribution < 1.29 is 13.9 Å². The number of ether oxygens (including phenoxy) is 1. The minimum Gasteiger partial charge on any atom is -0.464 e. The van der Waals surface area contributed by atoms with Crippen molar-refractivity contribution in [1.82, 2.24) is 9.88 Å². The maximum Gasteiger partial charge on any atom is 0.228 e. The Bertz CT molecular complexity index is 731. The summed E-state index contributed by atoms with van der Waals surface area (Å²) in [6.45, 7) is 5.52. The van der Waals surface area contributed by atoms with Gasteiger partial charge in [-0.25, -0.2) is 0 Å². The number of aromatic nitrogens is 1. The van der Waals surface area contributed by atoms with Crippen LogP contribution in [0.5, 0.6) is 0 Å². The molecule has 1 aliphatic heterocycles. The van der Waals surface area contributed by atoms with Gasteiger partial charge in [0, 0.05) is 17.1 Å². The van der Waals surface area contributed by atoms with Crippen molar-refractivity contribution in [3.8, 4) is 0 Å². The summed E-state index contributed by atoms with van der Waals surface area (Å²) < 4.78 is 12.1. The fourth-order valence-corrected chi connectivity index (χ4v) is 3.81. The van der Waals surface area contributed by atoms with Gasteiger partial charge in [0.1, 0.15) is 17.6 Å². The smallest absolute Gasteiger partial charge is 0.228 e. The summed E-state index contributed by atoms with van der Waals surface area (Å²) in [6, 6.07) is 3.82. The highest BCUT2D eigenvalue weighted by molar-refractivity contribution is 7.73. The number of carbonyl (C=O) groups excluding carboxylic acids is 1. The van der Waals surface area contributed by atoms with E-state index >= 15 is 0 Å². The molecule has 0 aliphatic carbocycles. The fourth-order valence-electron chi connectivity index (χ4n) is 2.53. The van der Waals surface area contributed by atoms with Crippen LogP contribution < -0.4 is 0 Å². The molecule has 1 atom stereocenters. The van der Waals surface area contributed by atoms with Crippen molar-refractivity contribution in [2.45, 2.75) is 26.4 Å². The molecule has 1 saturated heterocycles. The second-order valence-corrected chi connectivity index (χ2v) is 7.16. The molecule has 1 amide bonds. The van der Waals surface area contributed by atoms with Gasteiger partial charge in [-0.05, 0) is 38.2 Å². The SMILES string of the molecule is Cc1ccc([C@H]2CN(C(=O)Cc3sc(=S)[nH]c3C)CCO2)o1. The van der Waals surface area contributed by atoms with Crippen LogP contribution in [-0.4, -0.2) is 35.5 Å². The number of H-pyrrole nitrogens is 1. The van der Waals surface area contributed by atoms with Crippen LogP contribution in [0.2, 0.25) is 0 Å². The third-order valence-corrected chi connectivity index (χ3v) is 5.07. The summed E-state index contributed by atoms with van der Waals surface area (Å²) in [5.74, 6) is 1.73. The standard InChI is InChI=1S/C15H18N2O3S2/c1-9-3-4-11(20-9)12-8-17(5-6-19-12)14(18)7-13-10(2)16-15(21)22-13/h3-4,12H,5-8H2,1-2H3,(H,16,21)/t12-/m1/s1. The first-order chi connectivity index (χ1) is 10.5. The first kappa shape index (κ1) is 15.5. The summed E-state index contributed by atoms with van der Waals surface area (Å²) in [6.07, 6.45) is 0.199. The normalized spacial score (nSPS) is 18.6. The predicted octanol–water partition coefficient (Wildman–Crippen LogP) is 3.16. The van der Waals surface area contributed by atoms with Crippen LogP contribution in [0, 0.1) is 17.8 Å². The largest absolute Gasteiger partial charge is 0.464 e. The lowest BCUT2D eigenvalue weighted by molar-refractivity contribution is -0.138. The fraction of sp³-hybridized carbons (Fsp3) is 0.467. The van der Waals surface area contributed by atoms with Gasteiger partial charge in [0.25, 0.3) is 0 Å². The second kappa shape index (κ2) is 6.36. The van der Waals surface area contributed by atoms with Gasteiger partial charge < -0.3 is 19.0 Å². The monoisotopic (exact) mass is 338 g/mol. The molecule has 0 radical (unpaired) electrons. The zero-order chi connectivity index (χ0) is 15.7. The van der Waals surface area contributed by atoms with Crippen LogP contribution in [0.25, 0.3) is 0 Å². The molecule has 3 heterocycles. The maximum absolute atomic E-state index is 12.5. The van der Waals surface area contributed by atoms with Crippen LogP contribution in [0.1, 0.15) is 28.2 Å². The van der Waals surface area contributed by atoms with Gasteiger partial charge in [0.05, 0.1) is 19.6 Å². The van der Waals surface area contributed by atoms with Gasteiger partial charge in [-0.2, -0.15) is 0 Å². The number of hydrogen-bond acceptors (Lipinski definition) is 5. The van der Waals surface area contributed by atoms with Gasteiger partial charge in [-0.15, -0.1) is 11.3 Å². The summed E-state index contributed by atoms with van der Waals surface area (Å²) in [4.78, 5) is 18.4. The third kappa shape index (κ3) is 3.31. The number of hydrogen-bond donors (Lipinski definition) is 1. The third-order valence-electron chi connectivity index (χ3n) is 3.73. The molecule has 2 aromatic rings. The molecule has 0 bridgehead atoms. The molecule has 0 spiro atoms. The first-order valence-electron chi connectivity index (χ1n) is 7.17. The molecular weight excluding hydrogens is 320 g/mol. The van der Waals surface area contributed by atoms with Crippen molar-refractivity contribution in [3.63, 3.8) is 0 Å². The average Bonchev–Trinajstić information content (AvgIpc) is 3.05. The van der Waals surface area contributed by atoms with E-state index in [1.165, 1.54) is 11.3 Å². The number of morpholine rings is 1. The zero-order valence-corrected chi connectivity index (χ0v) is 14.2. The average molecular weight is 338 g/mol. The van der Waals surface area contributed by atoms with Gasteiger partial charge in [0.15, 0.2) is 3.95 Å². The summed E-state index contributed by atoms with van der Waals surface area (Å²) in [7, 11) is 0. The number of thiazole rings is 1. The quantitative estimate of drug-likeness (QED) is 0.874. The Labute approximate surface area is 137 Å². The first-order valence-corrected chi connectivity index (χ1v) is 8.39. The van der Waals surface area contributed by atoms with E-state index in [9.17, 15) is 4.79 Å². The van der Waals surface area contributed by atoms with Gasteiger partial charge >= 0.3 is 0 Å². The highest BCUT2D eigenvalue weighted by Gasteiger charge is 2.27. The van der Waals surface area contributed by atoms with Crippen molar-refractivity contribution in [1.29, 1.82) is 0 Å². The van der Waals surface area contributed by atoms with E-state index in [4.69, 9.17) is 21.4 Å². The van der Waals surface area contributed by atoms with Crippen LogP contribution in [-0.2, 0) is 16.0 Å². The minimum atomic E-state index is -0.183. The van der Waals surface area contributed by atoms with E-state index in [1.807, 2.05) is 30.9 Å². The molecule has 118 valence electrons. The van der Waals surface area contributed by atoms with E-state index in [2.05, 4.69) is 4.98 Å². The molecule has 0 aromatic carbocycles. The van der Waals surface area contributed by atoms with Crippen molar-refractivity contribution in [2.75, 3.05) is 19.7 Å². The van der Waals surface area contributed by atoms with Crippen LogP contribution in [0.3, 0.4) is 0 Å². The molecule has 5 nitrogen and oxygen atoms in total. The molecule has 7 heteroatoms. The van der Waals surface area contributed by atoms with E-state index in [0.717, 1.165) is 22.1 Å². The number of nitrogens with zero attached hydrogens (tertiary/aromatic N) is 1. The minimum absolute atomic E-state index is 0.102. The van der Waals surface area contributed by atoms with Gasteiger partial charge in [-0.1, -0.05) is 0 Å². The Morgan fingerprint density at radius 2 is 2.32 bits per heavy atom. The van der Waals surface area contributed by atoms with Gasteiger partial charge in [0.2, 0.25) is 5.91 Å². The maximum atomic E-state index is 12.5. The Hall–Kier alpha value is -1.44. The number of aryl methyl sites for hydroxylation is 2. The van der Waals surface area contributed by atoms with Crippen molar-refractivity contribution in [3.05, 3.63) is 38.2 Å². The highest BCUT2D eigenvalue weighted by Crippen LogP contribution is 2.25.